The van der Waals surface area contributed by atoms with Gasteiger partial charge in [0, 0.05) is 17.5 Å². The molecule has 0 spiro atoms. The Morgan fingerprint density at radius 2 is 1.93 bits per heavy atom. The number of esters is 1. The molecule has 2 aromatic rings. The van der Waals surface area contributed by atoms with Crippen molar-refractivity contribution in [3.63, 3.8) is 0 Å². The average molecular weight is 390 g/mol. The van der Waals surface area contributed by atoms with Crippen LogP contribution in [0, 0.1) is 6.92 Å². The van der Waals surface area contributed by atoms with Crippen LogP contribution in [0.4, 0.5) is 0 Å². The monoisotopic (exact) mass is 390 g/mol. The number of ether oxygens (including phenoxy) is 1. The highest BCUT2D eigenvalue weighted by Gasteiger charge is 2.29. The van der Waals surface area contributed by atoms with Crippen molar-refractivity contribution < 1.29 is 22.4 Å². The van der Waals surface area contributed by atoms with Gasteiger partial charge in [-0.05, 0) is 45.7 Å². The Kier molecular flexibility index (Phi) is 5.36. The molecule has 0 aliphatic heterocycles. The predicted octanol–water partition coefficient (Wildman–Crippen LogP) is 3.17. The van der Waals surface area contributed by atoms with Crippen LogP contribution in [0.25, 0.3) is 0 Å². The molecule has 1 aliphatic rings. The molecular weight excluding hydrogens is 368 g/mol. The van der Waals surface area contributed by atoms with E-state index in [0.717, 1.165) is 6.42 Å². The number of sulfonamides is 1. The summed E-state index contributed by atoms with van der Waals surface area (Å²) in [6, 6.07) is 8.03. The minimum Gasteiger partial charge on any atom is -0.457 e. The number of nitrogens with zero attached hydrogens (tertiary/aromatic N) is 1. The van der Waals surface area contributed by atoms with Gasteiger partial charge in [0.1, 0.15) is 5.76 Å². The van der Waals surface area contributed by atoms with Gasteiger partial charge >= 0.3 is 5.97 Å². The first kappa shape index (κ1) is 19.2. The largest absolute Gasteiger partial charge is 0.457 e. The van der Waals surface area contributed by atoms with E-state index in [2.05, 4.69) is 9.93 Å². The molecule has 27 heavy (non-hydrogen) atoms. The van der Waals surface area contributed by atoms with Crippen molar-refractivity contribution in [1.82, 2.24) is 4.83 Å². The molecule has 3 rings (SSSR count). The molecule has 144 valence electrons. The molecule has 1 N–H and O–H groups in total. The normalized spacial score (nSPS) is 15.6. The number of carbonyl (C=O) groups excluding carboxylic acids is 1. The number of carbonyl (C=O) groups is 1. The zero-order valence-corrected chi connectivity index (χ0v) is 16.3. The van der Waals surface area contributed by atoms with Gasteiger partial charge in [0.15, 0.2) is 0 Å². The summed E-state index contributed by atoms with van der Waals surface area (Å²) in [6.07, 6.45) is 1.74. The van der Waals surface area contributed by atoms with E-state index in [1.165, 1.54) is 12.1 Å². The van der Waals surface area contributed by atoms with E-state index in [1.807, 2.05) is 0 Å². The van der Waals surface area contributed by atoms with Gasteiger partial charge in [0.05, 0.1) is 16.7 Å². The second kappa shape index (κ2) is 7.56. The van der Waals surface area contributed by atoms with Crippen LogP contribution in [0.15, 0.2) is 44.7 Å². The van der Waals surface area contributed by atoms with Gasteiger partial charge in [-0.15, -0.1) is 0 Å². The van der Waals surface area contributed by atoms with Crippen LogP contribution < -0.4 is 4.83 Å². The topological polar surface area (TPSA) is 98.0 Å². The van der Waals surface area contributed by atoms with Gasteiger partial charge in [-0.3, -0.25) is 0 Å². The van der Waals surface area contributed by atoms with Gasteiger partial charge in [-0.1, -0.05) is 18.2 Å². The summed E-state index contributed by atoms with van der Waals surface area (Å²) < 4.78 is 35.7. The lowest BCUT2D eigenvalue weighted by Crippen LogP contribution is -2.22. The van der Waals surface area contributed by atoms with Crippen molar-refractivity contribution in [2.24, 2.45) is 5.10 Å². The summed E-state index contributed by atoms with van der Waals surface area (Å²) in [5.41, 5.74) is 1.86. The van der Waals surface area contributed by atoms with Crippen LogP contribution in [-0.4, -0.2) is 26.2 Å². The number of hydrazone groups is 1. The third-order valence-electron chi connectivity index (χ3n) is 4.21. The van der Waals surface area contributed by atoms with Crippen molar-refractivity contribution in [1.29, 1.82) is 0 Å². The quantitative estimate of drug-likeness (QED) is 0.625. The number of benzene rings is 1. The number of aryl methyl sites for hydroxylation is 1. The van der Waals surface area contributed by atoms with Gasteiger partial charge in [0.25, 0.3) is 10.0 Å². The van der Waals surface area contributed by atoms with Crippen molar-refractivity contribution in [2.75, 3.05) is 0 Å². The fourth-order valence-electron chi connectivity index (χ4n) is 3.01. The lowest BCUT2D eigenvalue weighted by atomic mass is 9.93. The second-order valence-electron chi connectivity index (χ2n) is 6.63. The summed E-state index contributed by atoms with van der Waals surface area (Å²) in [5, 5.41) is 4.13. The molecule has 0 unspecified atom stereocenters. The third kappa shape index (κ3) is 4.05. The molecule has 0 fully saturated rings. The van der Waals surface area contributed by atoms with E-state index in [9.17, 15) is 13.2 Å². The molecule has 8 heteroatoms. The summed E-state index contributed by atoms with van der Waals surface area (Å²) in [5.74, 6) is 0.252. The van der Waals surface area contributed by atoms with E-state index in [4.69, 9.17) is 9.15 Å². The van der Waals surface area contributed by atoms with Crippen LogP contribution >= 0.6 is 0 Å². The maximum atomic E-state index is 12.4. The van der Waals surface area contributed by atoms with Crippen LogP contribution in [0.5, 0.6) is 0 Å². The minimum atomic E-state index is -3.76. The lowest BCUT2D eigenvalue weighted by Gasteiger charge is -2.14. The summed E-state index contributed by atoms with van der Waals surface area (Å²) in [4.78, 5) is 14.7. The fourth-order valence-corrected chi connectivity index (χ4v) is 3.86. The average Bonchev–Trinajstić information content (AvgIpc) is 2.98. The Labute approximate surface area is 158 Å². The van der Waals surface area contributed by atoms with E-state index >= 15 is 0 Å². The maximum Gasteiger partial charge on any atom is 0.374 e. The van der Waals surface area contributed by atoms with Crippen LogP contribution in [0.2, 0.25) is 0 Å². The zero-order valence-electron chi connectivity index (χ0n) is 15.5. The summed E-state index contributed by atoms with van der Waals surface area (Å²) in [6.45, 7) is 5.29. The van der Waals surface area contributed by atoms with Gasteiger partial charge in [-0.2, -0.15) is 18.4 Å². The number of rotatable bonds is 5. The Balaban J connectivity index is 1.91. The Bertz CT molecular complexity index is 975. The SMILES string of the molecule is Cc1c(C(=O)OC(C)C)oc2c1/C(=N/NS(=O)(=O)c1ccccc1)CCC2. The third-order valence-corrected chi connectivity index (χ3v) is 5.43. The molecule has 0 saturated carbocycles. The van der Waals surface area contributed by atoms with E-state index in [1.54, 1.807) is 39.0 Å². The highest BCUT2D eigenvalue weighted by atomic mass is 32.2. The maximum absolute atomic E-state index is 12.4. The smallest absolute Gasteiger partial charge is 0.374 e. The van der Waals surface area contributed by atoms with Gasteiger partial charge < -0.3 is 9.15 Å². The van der Waals surface area contributed by atoms with E-state index in [-0.39, 0.29) is 16.8 Å². The second-order valence-corrected chi connectivity index (χ2v) is 8.29. The Hall–Kier alpha value is -2.61. The molecule has 1 aromatic heterocycles. The van der Waals surface area contributed by atoms with Gasteiger partial charge in [0.2, 0.25) is 5.76 Å². The molecule has 1 aromatic carbocycles. The minimum absolute atomic E-state index is 0.135. The van der Waals surface area contributed by atoms with Gasteiger partial charge in [-0.25, -0.2) is 4.79 Å². The molecular formula is C19H22N2O5S. The molecule has 0 radical (unpaired) electrons. The molecule has 0 bridgehead atoms. The highest BCUT2D eigenvalue weighted by Crippen LogP contribution is 2.30. The zero-order chi connectivity index (χ0) is 19.6. The molecule has 0 amide bonds. The first-order chi connectivity index (χ1) is 12.8. The number of furan rings is 1. The fraction of sp³-hybridized carbons (Fsp3) is 0.368. The summed E-state index contributed by atoms with van der Waals surface area (Å²) in [7, 11) is -3.76. The van der Waals surface area contributed by atoms with Crippen molar-refractivity contribution in [3.8, 4) is 0 Å². The first-order valence-electron chi connectivity index (χ1n) is 8.76. The highest BCUT2D eigenvalue weighted by molar-refractivity contribution is 7.89. The van der Waals surface area contributed by atoms with Crippen LogP contribution in [-0.2, 0) is 21.2 Å². The van der Waals surface area contributed by atoms with Crippen molar-refractivity contribution in [2.45, 2.75) is 51.0 Å². The van der Waals surface area contributed by atoms with E-state index < -0.39 is 16.0 Å². The van der Waals surface area contributed by atoms with E-state index in [0.29, 0.717) is 35.4 Å². The lowest BCUT2D eigenvalue weighted by molar-refractivity contribution is 0.0338. The van der Waals surface area contributed by atoms with Crippen LogP contribution in [0.1, 0.15) is 54.1 Å². The van der Waals surface area contributed by atoms with Crippen molar-refractivity contribution >= 4 is 21.7 Å². The standard InChI is InChI=1S/C19H22N2O5S/c1-12(2)25-19(22)18-13(3)17-15(10-7-11-16(17)26-18)20-21-27(23,24)14-8-5-4-6-9-14/h4-6,8-9,12,21H,7,10-11H2,1-3H3/b20-15+. The molecule has 0 saturated heterocycles. The number of nitrogens with one attached hydrogen (secondary N) is 1. The number of hydrogen-bond donors (Lipinski definition) is 1. The number of fused-ring (bicyclic) bond motifs is 1. The molecule has 1 aliphatic carbocycles. The Morgan fingerprint density at radius 1 is 1.22 bits per heavy atom. The number of hydrogen-bond acceptors (Lipinski definition) is 6. The summed E-state index contributed by atoms with van der Waals surface area (Å²) >= 11 is 0. The van der Waals surface area contributed by atoms with Crippen molar-refractivity contribution in [3.05, 3.63) is 53.0 Å². The molecule has 1 heterocycles. The Morgan fingerprint density at radius 3 is 2.59 bits per heavy atom. The molecule has 7 nitrogen and oxygen atoms in total. The van der Waals surface area contributed by atoms with Crippen LogP contribution in [0.3, 0.4) is 0 Å². The first-order valence-corrected chi connectivity index (χ1v) is 10.2. The predicted molar refractivity (Wildman–Crippen MR) is 100 cm³/mol. The molecule has 0 atom stereocenters.